The standard InChI is InChI=1S/C7H4BrIO2/c8-5-1-3-6(4-2-5)11-7(9)10/h1-4H. The zero-order chi connectivity index (χ0) is 8.27. The summed E-state index contributed by atoms with van der Waals surface area (Å²) in [4.78, 5) is 10.5. The minimum Gasteiger partial charge on any atom is -0.419 e. The fourth-order valence-electron chi connectivity index (χ4n) is 0.595. The van der Waals surface area contributed by atoms with Gasteiger partial charge in [0.05, 0.1) is 22.6 Å². The summed E-state index contributed by atoms with van der Waals surface area (Å²) in [6.45, 7) is 0. The van der Waals surface area contributed by atoms with E-state index in [2.05, 4.69) is 15.9 Å². The minimum atomic E-state index is -0.329. The summed E-state index contributed by atoms with van der Waals surface area (Å²) in [5.41, 5.74) is 0. The van der Waals surface area contributed by atoms with E-state index in [-0.39, 0.29) is 3.98 Å². The molecular weight excluding hydrogens is 323 g/mol. The molecule has 0 N–H and O–H groups in total. The summed E-state index contributed by atoms with van der Waals surface area (Å²) in [6, 6.07) is 7.07. The van der Waals surface area contributed by atoms with E-state index in [0.717, 1.165) is 4.47 Å². The Bertz CT molecular complexity index is 258. The van der Waals surface area contributed by atoms with Gasteiger partial charge in [-0.05, 0) is 24.3 Å². The van der Waals surface area contributed by atoms with Gasteiger partial charge in [0.15, 0.2) is 0 Å². The molecule has 4 heteroatoms. The van der Waals surface area contributed by atoms with Crippen LogP contribution in [0, 0.1) is 0 Å². The SMILES string of the molecule is O=C(I)Oc1ccc(Br)cc1. The Hall–Kier alpha value is -0.100. The highest BCUT2D eigenvalue weighted by Crippen LogP contribution is 2.16. The van der Waals surface area contributed by atoms with Crippen LogP contribution in [0.25, 0.3) is 0 Å². The lowest BCUT2D eigenvalue weighted by Gasteiger charge is -1.97. The molecule has 1 aromatic carbocycles. The van der Waals surface area contributed by atoms with Gasteiger partial charge < -0.3 is 4.74 Å². The first kappa shape index (κ1) is 8.99. The first-order chi connectivity index (χ1) is 5.18. The number of benzene rings is 1. The highest BCUT2D eigenvalue weighted by atomic mass is 127. The summed E-state index contributed by atoms with van der Waals surface area (Å²) < 4.78 is 5.43. The normalized spacial score (nSPS) is 9.27. The van der Waals surface area contributed by atoms with Crippen molar-refractivity contribution in [2.45, 2.75) is 0 Å². The van der Waals surface area contributed by atoms with Gasteiger partial charge in [-0.1, -0.05) is 15.9 Å². The average molecular weight is 327 g/mol. The van der Waals surface area contributed by atoms with Crippen LogP contribution < -0.4 is 4.74 Å². The third-order valence-electron chi connectivity index (χ3n) is 1.01. The number of carbonyl (C=O) groups is 1. The Morgan fingerprint density at radius 2 is 1.91 bits per heavy atom. The molecule has 1 aromatic rings. The molecule has 0 aliphatic heterocycles. The van der Waals surface area contributed by atoms with Crippen molar-refractivity contribution in [2.75, 3.05) is 0 Å². The van der Waals surface area contributed by atoms with Crippen LogP contribution >= 0.6 is 38.5 Å². The maximum absolute atomic E-state index is 10.5. The first-order valence-electron chi connectivity index (χ1n) is 2.81. The second-order valence-corrected chi connectivity index (χ2v) is 3.59. The van der Waals surface area contributed by atoms with Crippen LogP contribution in [0.2, 0.25) is 0 Å². The maximum Gasteiger partial charge on any atom is 0.372 e. The summed E-state index contributed by atoms with van der Waals surface area (Å²) >= 11 is 4.85. The van der Waals surface area contributed by atoms with Gasteiger partial charge in [0, 0.05) is 4.47 Å². The zero-order valence-electron chi connectivity index (χ0n) is 5.38. The highest BCUT2D eigenvalue weighted by Gasteiger charge is 1.97. The fourth-order valence-corrected chi connectivity index (χ4v) is 1.11. The van der Waals surface area contributed by atoms with Gasteiger partial charge in [0.1, 0.15) is 5.75 Å². The van der Waals surface area contributed by atoms with Crippen LogP contribution in [0.4, 0.5) is 4.79 Å². The van der Waals surface area contributed by atoms with Crippen molar-refractivity contribution in [3.05, 3.63) is 28.7 Å². The molecule has 0 unspecified atom stereocenters. The van der Waals surface area contributed by atoms with Crippen LogP contribution in [0.5, 0.6) is 5.75 Å². The molecule has 0 aliphatic rings. The Morgan fingerprint density at radius 1 is 1.36 bits per heavy atom. The Kier molecular flexibility index (Phi) is 3.32. The average Bonchev–Trinajstić information content (AvgIpc) is 1.93. The molecule has 0 bridgehead atoms. The molecule has 1 rings (SSSR count). The van der Waals surface area contributed by atoms with Gasteiger partial charge in [-0.15, -0.1) is 0 Å². The zero-order valence-corrected chi connectivity index (χ0v) is 9.13. The molecule has 11 heavy (non-hydrogen) atoms. The molecule has 0 heterocycles. The van der Waals surface area contributed by atoms with E-state index in [9.17, 15) is 4.79 Å². The third-order valence-corrected chi connectivity index (χ3v) is 1.76. The minimum absolute atomic E-state index is 0.329. The van der Waals surface area contributed by atoms with E-state index in [1.807, 2.05) is 12.1 Å². The second kappa shape index (κ2) is 4.06. The smallest absolute Gasteiger partial charge is 0.372 e. The number of halogens is 2. The molecular formula is C7H4BrIO2. The van der Waals surface area contributed by atoms with Crippen molar-refractivity contribution in [2.24, 2.45) is 0 Å². The molecule has 58 valence electrons. The Morgan fingerprint density at radius 3 is 2.36 bits per heavy atom. The number of rotatable bonds is 1. The Balaban J connectivity index is 2.74. The van der Waals surface area contributed by atoms with Crippen molar-refractivity contribution in [1.82, 2.24) is 0 Å². The Labute approximate surface area is 86.2 Å². The van der Waals surface area contributed by atoms with Crippen molar-refractivity contribution >= 4 is 42.5 Å². The molecule has 0 aliphatic carbocycles. The van der Waals surface area contributed by atoms with E-state index in [1.165, 1.54) is 0 Å². The monoisotopic (exact) mass is 326 g/mol. The van der Waals surface area contributed by atoms with Gasteiger partial charge >= 0.3 is 3.98 Å². The lowest BCUT2D eigenvalue weighted by Crippen LogP contribution is -1.94. The van der Waals surface area contributed by atoms with Gasteiger partial charge in [0.25, 0.3) is 0 Å². The van der Waals surface area contributed by atoms with Gasteiger partial charge in [-0.3, -0.25) is 0 Å². The first-order valence-corrected chi connectivity index (χ1v) is 4.68. The number of hydrogen-bond donors (Lipinski definition) is 0. The summed E-state index contributed by atoms with van der Waals surface area (Å²) in [6.07, 6.45) is 0. The molecule has 0 amide bonds. The summed E-state index contributed by atoms with van der Waals surface area (Å²) in [7, 11) is 0. The van der Waals surface area contributed by atoms with E-state index in [1.54, 1.807) is 34.7 Å². The fraction of sp³-hybridized carbons (Fsp3) is 0. The molecule has 0 saturated carbocycles. The highest BCUT2D eigenvalue weighted by molar-refractivity contribution is 14.1. The summed E-state index contributed by atoms with van der Waals surface area (Å²) in [5.74, 6) is 0.563. The van der Waals surface area contributed by atoms with Gasteiger partial charge in [-0.2, -0.15) is 0 Å². The van der Waals surface area contributed by atoms with Gasteiger partial charge in [0.2, 0.25) is 0 Å². The van der Waals surface area contributed by atoms with Gasteiger partial charge in [-0.25, -0.2) is 4.79 Å². The topological polar surface area (TPSA) is 26.3 Å². The van der Waals surface area contributed by atoms with Crippen LogP contribution in [-0.2, 0) is 0 Å². The molecule has 0 saturated heterocycles. The lowest BCUT2D eigenvalue weighted by atomic mass is 10.3. The van der Waals surface area contributed by atoms with Crippen LogP contribution in [-0.4, -0.2) is 3.98 Å². The number of hydrogen-bond acceptors (Lipinski definition) is 2. The number of ether oxygens (including phenoxy) is 1. The van der Waals surface area contributed by atoms with Crippen molar-refractivity contribution in [1.29, 1.82) is 0 Å². The second-order valence-electron chi connectivity index (χ2n) is 1.79. The predicted molar refractivity (Wildman–Crippen MR) is 54.2 cm³/mol. The number of carbonyl (C=O) groups excluding carboxylic acids is 1. The van der Waals surface area contributed by atoms with Crippen LogP contribution in [0.3, 0.4) is 0 Å². The predicted octanol–water partition coefficient (Wildman–Crippen LogP) is 3.38. The molecule has 0 radical (unpaired) electrons. The van der Waals surface area contributed by atoms with E-state index < -0.39 is 0 Å². The van der Waals surface area contributed by atoms with E-state index in [0.29, 0.717) is 5.75 Å². The lowest BCUT2D eigenvalue weighted by molar-refractivity contribution is 0.230. The molecule has 0 spiro atoms. The maximum atomic E-state index is 10.5. The molecule has 0 aromatic heterocycles. The van der Waals surface area contributed by atoms with E-state index in [4.69, 9.17) is 4.74 Å². The van der Waals surface area contributed by atoms with Crippen LogP contribution in [0.15, 0.2) is 28.7 Å². The third kappa shape index (κ3) is 3.20. The van der Waals surface area contributed by atoms with Crippen molar-refractivity contribution < 1.29 is 9.53 Å². The van der Waals surface area contributed by atoms with E-state index >= 15 is 0 Å². The van der Waals surface area contributed by atoms with Crippen molar-refractivity contribution in [3.63, 3.8) is 0 Å². The van der Waals surface area contributed by atoms with Crippen LogP contribution in [0.1, 0.15) is 0 Å². The molecule has 0 atom stereocenters. The largest absolute Gasteiger partial charge is 0.419 e. The summed E-state index contributed by atoms with van der Waals surface area (Å²) in [5, 5.41) is 0. The molecule has 2 nitrogen and oxygen atoms in total. The quantitative estimate of drug-likeness (QED) is 0.584. The molecule has 0 fully saturated rings. The van der Waals surface area contributed by atoms with Crippen molar-refractivity contribution in [3.8, 4) is 5.75 Å².